The summed E-state index contributed by atoms with van der Waals surface area (Å²) in [6.07, 6.45) is 4.44. The van der Waals surface area contributed by atoms with Crippen LogP contribution in [0.1, 0.15) is 45.4 Å². The van der Waals surface area contributed by atoms with Crippen molar-refractivity contribution in [1.29, 1.82) is 0 Å². The van der Waals surface area contributed by atoms with Gasteiger partial charge in [0.15, 0.2) is 5.82 Å². The molecule has 1 amide bonds. The van der Waals surface area contributed by atoms with Crippen LogP contribution in [0.15, 0.2) is 18.3 Å². The SMILES string of the molecule is C[C@H](C(=O)NC(C)(C)C)N(C)c1nc(-c2cc(OCCO)ccn2)nc2c1CCC2. The second-order valence-corrected chi connectivity index (χ2v) is 8.62. The van der Waals surface area contributed by atoms with E-state index >= 15 is 0 Å². The van der Waals surface area contributed by atoms with Crippen molar-refractivity contribution >= 4 is 11.7 Å². The molecule has 2 heterocycles. The first-order valence-corrected chi connectivity index (χ1v) is 10.3. The van der Waals surface area contributed by atoms with Gasteiger partial charge in [-0.1, -0.05) is 0 Å². The number of aliphatic hydroxyl groups excluding tert-OH is 1. The average molecular weight is 414 g/mol. The van der Waals surface area contributed by atoms with Crippen LogP contribution in [-0.2, 0) is 17.6 Å². The minimum atomic E-state index is -0.385. The lowest BCUT2D eigenvalue weighted by Crippen LogP contribution is -2.50. The molecule has 0 fully saturated rings. The van der Waals surface area contributed by atoms with Gasteiger partial charge in [0, 0.05) is 36.1 Å². The lowest BCUT2D eigenvalue weighted by atomic mass is 10.1. The number of aliphatic hydroxyl groups is 1. The van der Waals surface area contributed by atoms with E-state index in [2.05, 4.69) is 10.3 Å². The monoisotopic (exact) mass is 413 g/mol. The molecule has 162 valence electrons. The molecule has 2 aromatic rings. The van der Waals surface area contributed by atoms with Gasteiger partial charge in [-0.2, -0.15) is 0 Å². The fourth-order valence-electron chi connectivity index (χ4n) is 3.44. The van der Waals surface area contributed by atoms with Crippen LogP contribution in [0.5, 0.6) is 5.75 Å². The van der Waals surface area contributed by atoms with Crippen molar-refractivity contribution in [1.82, 2.24) is 20.3 Å². The zero-order valence-corrected chi connectivity index (χ0v) is 18.4. The predicted molar refractivity (Wildman–Crippen MR) is 116 cm³/mol. The number of nitrogens with one attached hydrogen (secondary N) is 1. The molecular formula is C22H31N5O3. The van der Waals surface area contributed by atoms with Gasteiger partial charge in [-0.05, 0) is 53.0 Å². The maximum atomic E-state index is 12.7. The Morgan fingerprint density at radius 2 is 2.10 bits per heavy atom. The van der Waals surface area contributed by atoms with Gasteiger partial charge in [0.25, 0.3) is 0 Å². The Labute approximate surface area is 177 Å². The molecule has 0 saturated carbocycles. The maximum Gasteiger partial charge on any atom is 0.242 e. The van der Waals surface area contributed by atoms with E-state index in [1.54, 1.807) is 18.3 Å². The van der Waals surface area contributed by atoms with Gasteiger partial charge in [-0.15, -0.1) is 0 Å². The summed E-state index contributed by atoms with van der Waals surface area (Å²) in [7, 11) is 1.89. The standard InChI is InChI=1S/C22H31N5O3/c1-14(21(29)26-22(2,3)4)27(5)20-16-7-6-8-17(16)24-19(25-20)18-13-15(9-10-23-18)30-12-11-28/h9-10,13-14,28H,6-8,11-12H2,1-5H3,(H,26,29)/t14-/m1/s1. The van der Waals surface area contributed by atoms with E-state index in [-0.39, 0.29) is 30.7 Å². The molecule has 1 aliphatic carbocycles. The first-order valence-electron chi connectivity index (χ1n) is 10.3. The molecule has 0 saturated heterocycles. The maximum absolute atomic E-state index is 12.7. The molecule has 1 aliphatic rings. The highest BCUT2D eigenvalue weighted by atomic mass is 16.5. The number of nitrogens with zero attached hydrogens (tertiary/aromatic N) is 4. The summed E-state index contributed by atoms with van der Waals surface area (Å²) in [5.41, 5.74) is 2.41. The molecule has 0 aromatic carbocycles. The van der Waals surface area contributed by atoms with Gasteiger partial charge in [-0.3, -0.25) is 9.78 Å². The van der Waals surface area contributed by atoms with E-state index in [4.69, 9.17) is 19.8 Å². The lowest BCUT2D eigenvalue weighted by molar-refractivity contribution is -0.123. The van der Waals surface area contributed by atoms with Crippen molar-refractivity contribution in [3.05, 3.63) is 29.6 Å². The van der Waals surface area contributed by atoms with Gasteiger partial charge in [0.1, 0.15) is 29.9 Å². The Bertz CT molecular complexity index is 910. The lowest BCUT2D eigenvalue weighted by Gasteiger charge is -2.30. The molecule has 8 heteroatoms. The molecule has 0 spiro atoms. The van der Waals surface area contributed by atoms with Crippen molar-refractivity contribution in [3.63, 3.8) is 0 Å². The van der Waals surface area contributed by atoms with Gasteiger partial charge in [0.2, 0.25) is 5.91 Å². The zero-order chi connectivity index (χ0) is 21.9. The second-order valence-electron chi connectivity index (χ2n) is 8.62. The number of rotatable bonds is 7. The molecule has 30 heavy (non-hydrogen) atoms. The van der Waals surface area contributed by atoms with Crippen LogP contribution in [-0.4, -0.2) is 57.8 Å². The number of ether oxygens (including phenoxy) is 1. The molecule has 2 N–H and O–H groups in total. The fourth-order valence-corrected chi connectivity index (χ4v) is 3.44. The summed E-state index contributed by atoms with van der Waals surface area (Å²) in [5, 5.41) is 12.0. The molecule has 2 aromatic heterocycles. The summed E-state index contributed by atoms with van der Waals surface area (Å²) in [5.74, 6) is 1.84. The number of anilines is 1. The first-order chi connectivity index (χ1) is 14.2. The summed E-state index contributed by atoms with van der Waals surface area (Å²) in [6.45, 7) is 7.94. The number of fused-ring (bicyclic) bond motifs is 1. The summed E-state index contributed by atoms with van der Waals surface area (Å²) in [4.78, 5) is 28.6. The van der Waals surface area contributed by atoms with Crippen molar-refractivity contribution < 1.29 is 14.6 Å². The Morgan fingerprint density at radius 1 is 1.33 bits per heavy atom. The summed E-state index contributed by atoms with van der Waals surface area (Å²) >= 11 is 0. The molecule has 8 nitrogen and oxygen atoms in total. The van der Waals surface area contributed by atoms with Crippen molar-refractivity contribution in [2.45, 2.75) is 58.5 Å². The van der Waals surface area contributed by atoms with Crippen LogP contribution < -0.4 is 15.0 Å². The molecule has 1 atom stereocenters. The predicted octanol–water partition coefficient (Wildman–Crippen LogP) is 2.14. The van der Waals surface area contributed by atoms with E-state index in [1.807, 2.05) is 39.6 Å². The number of aryl methyl sites for hydroxylation is 1. The molecule has 0 aliphatic heterocycles. The van der Waals surface area contributed by atoms with E-state index in [0.717, 1.165) is 36.3 Å². The van der Waals surface area contributed by atoms with E-state index < -0.39 is 0 Å². The Kier molecular flexibility index (Phi) is 6.55. The largest absolute Gasteiger partial charge is 0.491 e. The number of hydrogen-bond acceptors (Lipinski definition) is 7. The van der Waals surface area contributed by atoms with Crippen molar-refractivity contribution in [2.24, 2.45) is 0 Å². The number of carbonyl (C=O) groups excluding carboxylic acids is 1. The van der Waals surface area contributed by atoms with Crippen LogP contribution in [0.4, 0.5) is 5.82 Å². The normalized spacial score (nSPS) is 14.2. The Morgan fingerprint density at radius 3 is 2.80 bits per heavy atom. The molecular weight excluding hydrogens is 382 g/mol. The van der Waals surface area contributed by atoms with Crippen LogP contribution in [0.2, 0.25) is 0 Å². The highest BCUT2D eigenvalue weighted by molar-refractivity contribution is 5.85. The number of hydrogen-bond donors (Lipinski definition) is 2. The smallest absolute Gasteiger partial charge is 0.242 e. The van der Waals surface area contributed by atoms with Crippen LogP contribution in [0, 0.1) is 0 Å². The highest BCUT2D eigenvalue weighted by Crippen LogP contribution is 2.32. The molecule has 0 radical (unpaired) electrons. The van der Waals surface area contributed by atoms with E-state index in [1.165, 1.54) is 0 Å². The zero-order valence-electron chi connectivity index (χ0n) is 18.4. The minimum absolute atomic E-state index is 0.0468. The summed E-state index contributed by atoms with van der Waals surface area (Å²) in [6, 6.07) is 3.12. The van der Waals surface area contributed by atoms with Crippen molar-refractivity contribution in [3.8, 4) is 17.3 Å². The quantitative estimate of drug-likeness (QED) is 0.717. The number of amides is 1. The van der Waals surface area contributed by atoms with Crippen LogP contribution in [0.3, 0.4) is 0 Å². The van der Waals surface area contributed by atoms with Gasteiger partial charge < -0.3 is 20.1 Å². The number of pyridine rings is 1. The number of likely N-dealkylation sites (N-methyl/N-ethyl adjacent to an activating group) is 1. The highest BCUT2D eigenvalue weighted by Gasteiger charge is 2.28. The van der Waals surface area contributed by atoms with Gasteiger partial charge >= 0.3 is 0 Å². The Balaban J connectivity index is 1.94. The minimum Gasteiger partial charge on any atom is -0.491 e. The molecule has 0 unspecified atom stereocenters. The van der Waals surface area contributed by atoms with Crippen LogP contribution in [0.25, 0.3) is 11.5 Å². The number of aromatic nitrogens is 3. The van der Waals surface area contributed by atoms with Crippen molar-refractivity contribution in [2.75, 3.05) is 25.2 Å². The average Bonchev–Trinajstić information content (AvgIpc) is 3.18. The first kappa shape index (κ1) is 22.0. The topological polar surface area (TPSA) is 100 Å². The number of carbonyl (C=O) groups is 1. The van der Waals surface area contributed by atoms with E-state index in [9.17, 15) is 4.79 Å². The summed E-state index contributed by atoms with van der Waals surface area (Å²) < 4.78 is 5.49. The third-order valence-corrected chi connectivity index (χ3v) is 5.02. The van der Waals surface area contributed by atoms with Crippen LogP contribution >= 0.6 is 0 Å². The second kappa shape index (κ2) is 8.95. The molecule has 0 bridgehead atoms. The van der Waals surface area contributed by atoms with Gasteiger partial charge in [0.05, 0.1) is 6.61 Å². The Hall–Kier alpha value is -2.74. The molecule has 3 rings (SSSR count). The van der Waals surface area contributed by atoms with Gasteiger partial charge in [-0.25, -0.2) is 9.97 Å². The third-order valence-electron chi connectivity index (χ3n) is 5.02. The fraction of sp³-hybridized carbons (Fsp3) is 0.545. The third kappa shape index (κ3) is 5.05. The van der Waals surface area contributed by atoms with E-state index in [0.29, 0.717) is 17.3 Å².